The minimum absolute atomic E-state index is 0.142. The van der Waals surface area contributed by atoms with E-state index >= 15 is 0 Å². The number of aromatic nitrogens is 2. The van der Waals surface area contributed by atoms with Crippen LogP contribution in [0.1, 0.15) is 28.4 Å². The molecule has 0 bridgehead atoms. The highest BCUT2D eigenvalue weighted by Gasteiger charge is 2.23. The predicted molar refractivity (Wildman–Crippen MR) is 112 cm³/mol. The maximum absolute atomic E-state index is 12.8. The molecule has 1 saturated heterocycles. The first kappa shape index (κ1) is 19.9. The van der Waals surface area contributed by atoms with Crippen LogP contribution < -0.4 is 4.74 Å². The van der Waals surface area contributed by atoms with E-state index in [1.165, 1.54) is 15.6 Å². The van der Waals surface area contributed by atoms with Gasteiger partial charge in [-0.2, -0.15) is 0 Å². The van der Waals surface area contributed by atoms with Gasteiger partial charge in [0.25, 0.3) is 6.43 Å². The molecular weight excluding hydrogens is 408 g/mol. The lowest BCUT2D eigenvalue weighted by atomic mass is 10.1. The normalized spacial score (nSPS) is 18.2. The minimum atomic E-state index is -2.37. The van der Waals surface area contributed by atoms with Gasteiger partial charge in [-0.05, 0) is 31.0 Å². The maximum atomic E-state index is 12.8. The fourth-order valence-corrected chi connectivity index (χ4v) is 5.40. The third-order valence-corrected chi connectivity index (χ3v) is 6.89. The van der Waals surface area contributed by atoms with Crippen molar-refractivity contribution >= 4 is 22.2 Å². The molecule has 8 heteroatoms. The number of alkyl halides is 2. The second-order valence-corrected chi connectivity index (χ2v) is 9.09. The van der Waals surface area contributed by atoms with E-state index in [0.717, 1.165) is 62.2 Å². The number of rotatable bonds is 6. The van der Waals surface area contributed by atoms with Gasteiger partial charge in [0.1, 0.15) is 16.9 Å². The van der Waals surface area contributed by atoms with Crippen molar-refractivity contribution in [3.63, 3.8) is 0 Å². The number of likely N-dealkylation sites (tertiary alicyclic amines) is 1. The van der Waals surface area contributed by atoms with Gasteiger partial charge in [-0.3, -0.25) is 4.90 Å². The molecule has 4 heterocycles. The number of benzene rings is 1. The standard InChI is InChI=1S/C22H25F2N3O2S/c23-21(24)12-27-10-6-16-18(27)2-1-3-19(16)29-15-4-8-26(9-5-15)13-22-25-17-7-11-28-14-20(17)30-22/h1-3,6,10,15,21H,4-5,7-9,11-14H2. The Bertz CT molecular complexity index is 988. The number of hydrogen-bond donors (Lipinski definition) is 0. The number of halogens is 2. The molecule has 2 aromatic heterocycles. The highest BCUT2D eigenvalue weighted by atomic mass is 32.1. The molecule has 0 spiro atoms. The molecule has 30 heavy (non-hydrogen) atoms. The van der Waals surface area contributed by atoms with Gasteiger partial charge in [-0.25, -0.2) is 13.8 Å². The first-order valence-electron chi connectivity index (χ1n) is 10.5. The Labute approximate surface area is 178 Å². The van der Waals surface area contributed by atoms with E-state index in [0.29, 0.717) is 6.61 Å². The van der Waals surface area contributed by atoms with Crippen molar-refractivity contribution in [3.8, 4) is 5.75 Å². The SMILES string of the molecule is FC(F)Cn1ccc2c(OC3CCN(Cc4nc5c(s4)COCC5)CC3)cccc21. The van der Waals surface area contributed by atoms with E-state index in [9.17, 15) is 8.78 Å². The third-order valence-electron chi connectivity index (χ3n) is 5.83. The number of nitrogens with zero attached hydrogens (tertiary/aromatic N) is 3. The quantitative estimate of drug-likeness (QED) is 0.575. The van der Waals surface area contributed by atoms with E-state index in [4.69, 9.17) is 14.5 Å². The summed E-state index contributed by atoms with van der Waals surface area (Å²) in [5, 5.41) is 2.08. The number of ether oxygens (including phenoxy) is 2. The Morgan fingerprint density at radius 3 is 2.90 bits per heavy atom. The molecule has 2 aliphatic rings. The molecular formula is C22H25F2N3O2S. The van der Waals surface area contributed by atoms with Crippen LogP contribution in [0.3, 0.4) is 0 Å². The van der Waals surface area contributed by atoms with Crippen LogP contribution in [0, 0.1) is 0 Å². The fourth-order valence-electron chi connectivity index (χ4n) is 4.31. The molecule has 0 amide bonds. The molecule has 0 N–H and O–H groups in total. The fraction of sp³-hybridized carbons (Fsp3) is 0.500. The van der Waals surface area contributed by atoms with E-state index in [1.54, 1.807) is 22.1 Å². The molecule has 5 nitrogen and oxygen atoms in total. The average Bonchev–Trinajstić information content (AvgIpc) is 3.33. The van der Waals surface area contributed by atoms with Crippen LogP contribution in [0.4, 0.5) is 8.78 Å². The number of fused-ring (bicyclic) bond motifs is 2. The van der Waals surface area contributed by atoms with Crippen LogP contribution in [-0.2, 0) is 30.9 Å². The summed E-state index contributed by atoms with van der Waals surface area (Å²) >= 11 is 1.78. The highest BCUT2D eigenvalue weighted by molar-refractivity contribution is 7.11. The summed E-state index contributed by atoms with van der Waals surface area (Å²) in [5.41, 5.74) is 2.01. The highest BCUT2D eigenvalue weighted by Crippen LogP contribution is 2.30. The topological polar surface area (TPSA) is 39.5 Å². The Hall–Kier alpha value is -2.03. The summed E-state index contributed by atoms with van der Waals surface area (Å²) in [6, 6.07) is 7.55. The van der Waals surface area contributed by atoms with Crippen LogP contribution in [0.2, 0.25) is 0 Å². The molecule has 5 rings (SSSR count). The Morgan fingerprint density at radius 2 is 2.10 bits per heavy atom. The molecule has 1 fully saturated rings. The van der Waals surface area contributed by atoms with Crippen LogP contribution in [0.25, 0.3) is 10.9 Å². The monoisotopic (exact) mass is 433 g/mol. The average molecular weight is 434 g/mol. The summed E-state index contributed by atoms with van der Waals surface area (Å²) in [5.74, 6) is 0.784. The molecule has 160 valence electrons. The predicted octanol–water partition coefficient (Wildman–Crippen LogP) is 4.48. The first-order chi connectivity index (χ1) is 14.7. The summed E-state index contributed by atoms with van der Waals surface area (Å²) in [6.45, 7) is 4.00. The molecule has 3 aromatic rings. The van der Waals surface area contributed by atoms with E-state index < -0.39 is 6.43 Å². The number of hydrogen-bond acceptors (Lipinski definition) is 5. The van der Waals surface area contributed by atoms with E-state index in [-0.39, 0.29) is 12.6 Å². The number of thiazole rings is 1. The molecule has 2 aliphatic heterocycles. The largest absolute Gasteiger partial charge is 0.490 e. The molecule has 0 radical (unpaired) electrons. The minimum Gasteiger partial charge on any atom is -0.490 e. The van der Waals surface area contributed by atoms with Crippen molar-refractivity contribution in [1.82, 2.24) is 14.5 Å². The van der Waals surface area contributed by atoms with Crippen molar-refractivity contribution in [3.05, 3.63) is 46.0 Å². The van der Waals surface area contributed by atoms with Gasteiger partial charge < -0.3 is 14.0 Å². The Kier molecular flexibility index (Phi) is 5.71. The first-order valence-corrected chi connectivity index (χ1v) is 11.3. The molecule has 1 aromatic carbocycles. The zero-order valence-electron chi connectivity index (χ0n) is 16.7. The summed E-state index contributed by atoms with van der Waals surface area (Å²) < 4.78 is 39.0. The second kappa shape index (κ2) is 8.61. The van der Waals surface area contributed by atoms with Crippen molar-refractivity contribution in [2.75, 3.05) is 19.7 Å². The molecule has 0 atom stereocenters. The lowest BCUT2D eigenvalue weighted by Crippen LogP contribution is -2.37. The van der Waals surface area contributed by atoms with Gasteiger partial charge in [0, 0.05) is 31.1 Å². The van der Waals surface area contributed by atoms with Crippen LogP contribution in [0.5, 0.6) is 5.75 Å². The lowest BCUT2D eigenvalue weighted by molar-refractivity contribution is 0.0977. The maximum Gasteiger partial charge on any atom is 0.256 e. The van der Waals surface area contributed by atoms with Crippen LogP contribution in [0.15, 0.2) is 30.5 Å². The summed E-state index contributed by atoms with van der Waals surface area (Å²) in [4.78, 5) is 8.51. The van der Waals surface area contributed by atoms with Crippen LogP contribution >= 0.6 is 11.3 Å². The van der Waals surface area contributed by atoms with Gasteiger partial charge in [0.15, 0.2) is 0 Å². The summed E-state index contributed by atoms with van der Waals surface area (Å²) in [6.07, 6.45) is 2.30. The number of piperidine rings is 1. The van der Waals surface area contributed by atoms with Gasteiger partial charge >= 0.3 is 0 Å². The second-order valence-electron chi connectivity index (χ2n) is 7.92. The van der Waals surface area contributed by atoms with E-state index in [1.807, 2.05) is 24.3 Å². The van der Waals surface area contributed by atoms with Gasteiger partial charge in [-0.1, -0.05) is 6.07 Å². The Balaban J connectivity index is 1.19. The van der Waals surface area contributed by atoms with Crippen LogP contribution in [-0.4, -0.2) is 46.7 Å². The zero-order valence-corrected chi connectivity index (χ0v) is 17.5. The van der Waals surface area contributed by atoms with E-state index in [2.05, 4.69) is 4.90 Å². The summed E-state index contributed by atoms with van der Waals surface area (Å²) in [7, 11) is 0. The van der Waals surface area contributed by atoms with Gasteiger partial charge in [0.05, 0.1) is 42.4 Å². The molecule has 0 unspecified atom stereocenters. The van der Waals surface area contributed by atoms with Crippen molar-refractivity contribution in [2.45, 2.75) is 51.5 Å². The van der Waals surface area contributed by atoms with Crippen molar-refractivity contribution in [1.29, 1.82) is 0 Å². The van der Waals surface area contributed by atoms with Crippen molar-refractivity contribution in [2.24, 2.45) is 0 Å². The Morgan fingerprint density at radius 1 is 1.23 bits per heavy atom. The third kappa shape index (κ3) is 4.22. The molecule has 0 saturated carbocycles. The lowest BCUT2D eigenvalue weighted by Gasteiger charge is -2.31. The van der Waals surface area contributed by atoms with Gasteiger partial charge in [-0.15, -0.1) is 11.3 Å². The smallest absolute Gasteiger partial charge is 0.256 e. The zero-order chi connectivity index (χ0) is 20.5. The van der Waals surface area contributed by atoms with Crippen molar-refractivity contribution < 1.29 is 18.3 Å². The molecule has 0 aliphatic carbocycles. The van der Waals surface area contributed by atoms with Gasteiger partial charge in [0.2, 0.25) is 0 Å².